The molecule has 0 N–H and O–H groups in total. The van der Waals surface area contributed by atoms with Gasteiger partial charge in [-0.1, -0.05) is 22.0 Å². The Balaban J connectivity index is 3.53. The van der Waals surface area contributed by atoms with Crippen LogP contribution >= 0.6 is 15.9 Å². The van der Waals surface area contributed by atoms with E-state index >= 15 is 0 Å². The van der Waals surface area contributed by atoms with Crippen LogP contribution in [-0.4, -0.2) is 30.5 Å². The summed E-state index contributed by atoms with van der Waals surface area (Å²) in [6, 6.07) is 0. The summed E-state index contributed by atoms with van der Waals surface area (Å²) < 4.78 is 0. The summed E-state index contributed by atoms with van der Waals surface area (Å²) in [6.45, 7) is 0. The number of halogens is 1. The Kier molecular flexibility index (Phi) is 8.04. The second kappa shape index (κ2) is 8.26. The Labute approximate surface area is 87.8 Å². The molecule has 0 aliphatic heterocycles. The quantitative estimate of drug-likeness (QED) is 0.313. The van der Waals surface area contributed by atoms with Crippen molar-refractivity contribution in [2.75, 3.05) is 19.5 Å². The molecule has 0 aliphatic rings. The molecule has 4 heteroatoms. The van der Waals surface area contributed by atoms with Crippen LogP contribution in [0.15, 0.2) is 12.2 Å². The first kappa shape index (κ1) is 12.7. The van der Waals surface area contributed by atoms with Gasteiger partial charge in [0.15, 0.2) is 0 Å². The Bertz CT molecular complexity index is 171. The molecule has 0 aromatic heterocycles. The first-order chi connectivity index (χ1) is 6.22. The van der Waals surface area contributed by atoms with Crippen molar-refractivity contribution < 1.29 is 9.63 Å². The van der Waals surface area contributed by atoms with Crippen molar-refractivity contribution in [2.24, 2.45) is 0 Å². The summed E-state index contributed by atoms with van der Waals surface area (Å²) in [5, 5.41) is 2.22. The van der Waals surface area contributed by atoms with Crippen LogP contribution in [0.5, 0.6) is 0 Å². The van der Waals surface area contributed by atoms with E-state index in [0.717, 1.165) is 24.6 Å². The van der Waals surface area contributed by atoms with E-state index in [1.54, 1.807) is 7.05 Å². The zero-order valence-corrected chi connectivity index (χ0v) is 9.71. The lowest BCUT2D eigenvalue weighted by Gasteiger charge is -2.09. The maximum atomic E-state index is 11.1. The van der Waals surface area contributed by atoms with Crippen LogP contribution < -0.4 is 0 Å². The van der Waals surface area contributed by atoms with Crippen molar-refractivity contribution >= 4 is 21.8 Å². The molecular formula is C9H16BrNO2. The van der Waals surface area contributed by atoms with Gasteiger partial charge in [0, 0.05) is 18.5 Å². The lowest BCUT2D eigenvalue weighted by atomic mass is 10.2. The molecule has 0 fully saturated rings. The van der Waals surface area contributed by atoms with Crippen molar-refractivity contribution in [3.63, 3.8) is 0 Å². The van der Waals surface area contributed by atoms with Crippen LogP contribution in [0.1, 0.15) is 19.3 Å². The van der Waals surface area contributed by atoms with Gasteiger partial charge in [-0.3, -0.25) is 9.63 Å². The number of carbonyl (C=O) groups excluding carboxylic acids is 1. The highest BCUT2D eigenvalue weighted by Gasteiger charge is 2.00. The average Bonchev–Trinajstić information content (AvgIpc) is 2.16. The maximum absolute atomic E-state index is 11.1. The van der Waals surface area contributed by atoms with Gasteiger partial charge in [0.25, 0.3) is 5.91 Å². The Morgan fingerprint density at radius 3 is 2.77 bits per heavy atom. The van der Waals surface area contributed by atoms with Crippen molar-refractivity contribution in [1.82, 2.24) is 5.06 Å². The highest BCUT2D eigenvalue weighted by Crippen LogP contribution is 1.99. The summed E-state index contributed by atoms with van der Waals surface area (Å²) in [5.41, 5.74) is 0. The SMILES string of the molecule is CON(C)C(=O)/C=C/CCCCBr. The third kappa shape index (κ3) is 6.78. The monoisotopic (exact) mass is 249 g/mol. The second-order valence-electron chi connectivity index (χ2n) is 2.61. The smallest absolute Gasteiger partial charge is 0.269 e. The molecule has 0 aliphatic carbocycles. The number of rotatable bonds is 6. The molecule has 0 rings (SSSR count). The summed E-state index contributed by atoms with van der Waals surface area (Å²) >= 11 is 3.35. The van der Waals surface area contributed by atoms with Gasteiger partial charge in [0.2, 0.25) is 0 Å². The van der Waals surface area contributed by atoms with Gasteiger partial charge in [-0.05, 0) is 19.3 Å². The molecule has 13 heavy (non-hydrogen) atoms. The lowest BCUT2D eigenvalue weighted by Crippen LogP contribution is -2.22. The number of carbonyl (C=O) groups is 1. The number of hydrogen-bond acceptors (Lipinski definition) is 2. The van der Waals surface area contributed by atoms with Crippen LogP contribution in [0.2, 0.25) is 0 Å². The molecule has 3 nitrogen and oxygen atoms in total. The third-order valence-electron chi connectivity index (χ3n) is 1.60. The summed E-state index contributed by atoms with van der Waals surface area (Å²) in [7, 11) is 3.06. The van der Waals surface area contributed by atoms with E-state index in [1.807, 2.05) is 6.08 Å². The minimum Gasteiger partial charge on any atom is -0.274 e. The topological polar surface area (TPSA) is 29.5 Å². The number of allylic oxidation sites excluding steroid dienone is 1. The first-order valence-electron chi connectivity index (χ1n) is 4.26. The van der Waals surface area contributed by atoms with E-state index in [-0.39, 0.29) is 5.91 Å². The fourth-order valence-electron chi connectivity index (χ4n) is 0.736. The van der Waals surface area contributed by atoms with Gasteiger partial charge in [-0.2, -0.15) is 0 Å². The van der Waals surface area contributed by atoms with E-state index in [0.29, 0.717) is 0 Å². The molecule has 0 bridgehead atoms. The summed E-state index contributed by atoms with van der Waals surface area (Å²) in [6.07, 6.45) is 6.59. The van der Waals surface area contributed by atoms with Gasteiger partial charge < -0.3 is 0 Å². The first-order valence-corrected chi connectivity index (χ1v) is 5.38. The normalized spacial score (nSPS) is 10.7. The van der Waals surface area contributed by atoms with Crippen molar-refractivity contribution in [1.29, 1.82) is 0 Å². The fraction of sp³-hybridized carbons (Fsp3) is 0.667. The maximum Gasteiger partial charge on any atom is 0.269 e. The Hall–Kier alpha value is -0.350. The number of alkyl halides is 1. The predicted molar refractivity (Wildman–Crippen MR) is 56.6 cm³/mol. The van der Waals surface area contributed by atoms with E-state index in [2.05, 4.69) is 15.9 Å². The van der Waals surface area contributed by atoms with Crippen LogP contribution in [0, 0.1) is 0 Å². The molecule has 0 saturated carbocycles. The number of hydroxylamine groups is 2. The van der Waals surface area contributed by atoms with E-state index in [9.17, 15) is 4.79 Å². The summed E-state index contributed by atoms with van der Waals surface area (Å²) in [4.78, 5) is 15.8. The average molecular weight is 250 g/mol. The van der Waals surface area contributed by atoms with Crippen LogP contribution in [-0.2, 0) is 9.63 Å². The molecule has 0 radical (unpaired) electrons. The van der Waals surface area contributed by atoms with Gasteiger partial charge in [0.05, 0.1) is 7.11 Å². The zero-order chi connectivity index (χ0) is 10.1. The number of likely N-dealkylation sites (N-methyl/N-ethyl adjacent to an activating group) is 1. The summed E-state index contributed by atoms with van der Waals surface area (Å²) in [5.74, 6) is -0.124. The highest BCUT2D eigenvalue weighted by atomic mass is 79.9. The van der Waals surface area contributed by atoms with Crippen molar-refractivity contribution in [3.05, 3.63) is 12.2 Å². The molecule has 0 spiro atoms. The fourth-order valence-corrected chi connectivity index (χ4v) is 1.13. The van der Waals surface area contributed by atoms with E-state index < -0.39 is 0 Å². The van der Waals surface area contributed by atoms with E-state index in [4.69, 9.17) is 4.84 Å². The molecule has 1 amide bonds. The van der Waals surface area contributed by atoms with Crippen LogP contribution in [0.25, 0.3) is 0 Å². The molecule has 0 unspecified atom stereocenters. The van der Waals surface area contributed by atoms with Gasteiger partial charge in [-0.15, -0.1) is 0 Å². The minimum atomic E-state index is -0.124. The number of nitrogens with zero attached hydrogens (tertiary/aromatic N) is 1. The number of hydrogen-bond donors (Lipinski definition) is 0. The second-order valence-corrected chi connectivity index (χ2v) is 3.40. The molecule has 0 saturated heterocycles. The van der Waals surface area contributed by atoms with Gasteiger partial charge >= 0.3 is 0 Å². The lowest BCUT2D eigenvalue weighted by molar-refractivity contribution is -0.162. The molecule has 0 atom stereocenters. The highest BCUT2D eigenvalue weighted by molar-refractivity contribution is 9.09. The molecule has 76 valence electrons. The Morgan fingerprint density at radius 1 is 1.54 bits per heavy atom. The number of amides is 1. The zero-order valence-electron chi connectivity index (χ0n) is 8.12. The minimum absolute atomic E-state index is 0.124. The molecule has 0 aromatic carbocycles. The molecular weight excluding hydrogens is 234 g/mol. The van der Waals surface area contributed by atoms with Gasteiger partial charge in [-0.25, -0.2) is 5.06 Å². The van der Waals surface area contributed by atoms with Crippen molar-refractivity contribution in [3.8, 4) is 0 Å². The molecule has 0 aromatic rings. The molecule has 0 heterocycles. The largest absolute Gasteiger partial charge is 0.274 e. The van der Waals surface area contributed by atoms with Crippen LogP contribution in [0.3, 0.4) is 0 Å². The predicted octanol–water partition coefficient (Wildman–Crippen LogP) is 2.13. The van der Waals surface area contributed by atoms with Crippen molar-refractivity contribution in [2.45, 2.75) is 19.3 Å². The standard InChI is InChI=1S/C9H16BrNO2/c1-11(13-2)9(12)7-5-3-4-6-8-10/h5,7H,3-4,6,8H2,1-2H3/b7-5+. The van der Waals surface area contributed by atoms with E-state index in [1.165, 1.54) is 18.2 Å². The Morgan fingerprint density at radius 2 is 2.23 bits per heavy atom. The third-order valence-corrected chi connectivity index (χ3v) is 2.16. The van der Waals surface area contributed by atoms with Gasteiger partial charge in [0.1, 0.15) is 0 Å². The number of unbranched alkanes of at least 4 members (excludes halogenated alkanes) is 2. The van der Waals surface area contributed by atoms with Crippen LogP contribution in [0.4, 0.5) is 0 Å².